The van der Waals surface area contributed by atoms with Gasteiger partial charge in [0.2, 0.25) is 0 Å². The minimum Gasteiger partial charge on any atom is -0.497 e. The van der Waals surface area contributed by atoms with Gasteiger partial charge >= 0.3 is 18.6 Å². The molecule has 1 aromatic rings. The number of methoxy groups -OCH3 is 1. The van der Waals surface area contributed by atoms with Gasteiger partial charge in [0, 0.05) is 12.6 Å². The predicted molar refractivity (Wildman–Crippen MR) is 68.9 cm³/mol. The first-order valence-electron chi connectivity index (χ1n) is 5.82. The molecule has 0 saturated carbocycles. The van der Waals surface area contributed by atoms with Crippen molar-refractivity contribution >= 4 is 17.7 Å². The van der Waals surface area contributed by atoms with Crippen molar-refractivity contribution in [2.75, 3.05) is 19.0 Å². The van der Waals surface area contributed by atoms with Crippen molar-refractivity contribution in [3.8, 4) is 11.5 Å². The minimum absolute atomic E-state index is 0.0255. The van der Waals surface area contributed by atoms with Gasteiger partial charge in [0.05, 0.1) is 19.2 Å². The number of halogens is 2. The summed E-state index contributed by atoms with van der Waals surface area (Å²) in [6.07, 6.45) is -0.258. The molecule has 21 heavy (non-hydrogen) atoms. The first-order chi connectivity index (χ1) is 9.92. The number of amides is 2. The maximum Gasteiger partial charge on any atom is 0.387 e. The molecule has 0 aromatic heterocycles. The molecule has 1 aromatic carbocycles. The summed E-state index contributed by atoms with van der Waals surface area (Å²) >= 11 is 0. The highest BCUT2D eigenvalue weighted by molar-refractivity contribution is 5.91. The van der Waals surface area contributed by atoms with E-state index in [2.05, 4.69) is 15.4 Å². The third kappa shape index (κ3) is 5.93. The summed E-state index contributed by atoms with van der Waals surface area (Å²) in [6.45, 7) is -3.15. The van der Waals surface area contributed by atoms with Crippen molar-refractivity contribution in [2.24, 2.45) is 0 Å². The molecule has 0 radical (unpaired) electrons. The average molecular weight is 304 g/mol. The van der Waals surface area contributed by atoms with Crippen LogP contribution in [0.5, 0.6) is 11.5 Å². The second kappa shape index (κ2) is 7.88. The van der Waals surface area contributed by atoms with Crippen LogP contribution in [-0.4, -0.2) is 37.4 Å². The van der Waals surface area contributed by atoms with Crippen LogP contribution in [-0.2, 0) is 4.79 Å². The average Bonchev–Trinajstić information content (AvgIpc) is 2.39. The van der Waals surface area contributed by atoms with E-state index in [1.807, 2.05) is 0 Å². The van der Waals surface area contributed by atoms with Crippen LogP contribution >= 0.6 is 0 Å². The molecule has 0 unspecified atom stereocenters. The fraction of sp³-hybridized carbons (Fsp3) is 0.333. The van der Waals surface area contributed by atoms with Crippen LogP contribution in [0.25, 0.3) is 0 Å². The van der Waals surface area contributed by atoms with Crippen molar-refractivity contribution in [2.45, 2.75) is 13.0 Å². The number of carboxylic acids is 1. The van der Waals surface area contributed by atoms with E-state index in [1.54, 1.807) is 0 Å². The molecular formula is C12H14F2N2O5. The summed E-state index contributed by atoms with van der Waals surface area (Å²) < 4.78 is 33.7. The molecule has 0 spiro atoms. The molecule has 0 aliphatic carbocycles. The van der Waals surface area contributed by atoms with Gasteiger partial charge in [0.25, 0.3) is 0 Å². The third-order valence-corrected chi connectivity index (χ3v) is 2.28. The Morgan fingerprint density at radius 3 is 2.67 bits per heavy atom. The number of hydrogen-bond donors (Lipinski definition) is 3. The lowest BCUT2D eigenvalue weighted by Crippen LogP contribution is -2.30. The zero-order chi connectivity index (χ0) is 15.8. The lowest BCUT2D eigenvalue weighted by atomic mass is 10.2. The molecule has 0 saturated heterocycles. The van der Waals surface area contributed by atoms with Crippen LogP contribution in [0.2, 0.25) is 0 Å². The van der Waals surface area contributed by atoms with Crippen LogP contribution in [0, 0.1) is 0 Å². The standard InChI is InChI=1S/C12H14F2N2O5/c1-20-7-2-3-9(21-11(13)14)8(6-7)16-12(19)15-5-4-10(17)18/h2-3,6,11H,4-5H2,1H3,(H,17,18)(H2,15,16,19). The number of aliphatic carboxylic acids is 1. The van der Waals surface area contributed by atoms with Crippen molar-refractivity contribution in [3.63, 3.8) is 0 Å². The van der Waals surface area contributed by atoms with Gasteiger partial charge in [-0.1, -0.05) is 0 Å². The Balaban J connectivity index is 2.74. The van der Waals surface area contributed by atoms with E-state index < -0.39 is 18.6 Å². The quantitative estimate of drug-likeness (QED) is 0.715. The minimum atomic E-state index is -3.05. The van der Waals surface area contributed by atoms with Gasteiger partial charge in [0.15, 0.2) is 0 Å². The van der Waals surface area contributed by atoms with Crippen LogP contribution in [0.1, 0.15) is 6.42 Å². The molecule has 116 valence electrons. The maximum atomic E-state index is 12.3. The van der Waals surface area contributed by atoms with Crippen LogP contribution in [0.15, 0.2) is 18.2 Å². The number of urea groups is 1. The SMILES string of the molecule is COc1ccc(OC(F)F)c(NC(=O)NCCC(=O)O)c1. The number of benzene rings is 1. The summed E-state index contributed by atoms with van der Waals surface area (Å²) in [5.74, 6) is -0.977. The summed E-state index contributed by atoms with van der Waals surface area (Å²) in [4.78, 5) is 21.8. The van der Waals surface area contributed by atoms with E-state index >= 15 is 0 Å². The van der Waals surface area contributed by atoms with Crippen LogP contribution < -0.4 is 20.1 Å². The fourth-order valence-corrected chi connectivity index (χ4v) is 1.38. The summed E-state index contributed by atoms with van der Waals surface area (Å²) in [7, 11) is 1.37. The first-order valence-corrected chi connectivity index (χ1v) is 5.82. The zero-order valence-corrected chi connectivity index (χ0v) is 11.1. The van der Waals surface area contributed by atoms with E-state index in [0.29, 0.717) is 5.75 Å². The number of hydrogen-bond acceptors (Lipinski definition) is 4. The Bertz CT molecular complexity index is 510. The number of nitrogens with one attached hydrogen (secondary N) is 2. The molecule has 0 fully saturated rings. The monoisotopic (exact) mass is 304 g/mol. The second-order valence-electron chi connectivity index (χ2n) is 3.77. The van der Waals surface area contributed by atoms with E-state index in [9.17, 15) is 18.4 Å². The largest absolute Gasteiger partial charge is 0.497 e. The van der Waals surface area contributed by atoms with Crippen molar-refractivity contribution in [1.29, 1.82) is 0 Å². The summed E-state index contributed by atoms with van der Waals surface area (Å²) in [5.41, 5.74) is -0.0255. The summed E-state index contributed by atoms with van der Waals surface area (Å²) in [6, 6.07) is 3.17. The lowest BCUT2D eigenvalue weighted by Gasteiger charge is -2.13. The van der Waals surface area contributed by atoms with Gasteiger partial charge in [-0.05, 0) is 12.1 Å². The number of carbonyl (C=O) groups excluding carboxylic acids is 1. The van der Waals surface area contributed by atoms with Gasteiger partial charge in [-0.3, -0.25) is 4.79 Å². The van der Waals surface area contributed by atoms with E-state index in [-0.39, 0.29) is 24.4 Å². The number of carbonyl (C=O) groups is 2. The molecule has 9 heteroatoms. The Morgan fingerprint density at radius 2 is 2.10 bits per heavy atom. The van der Waals surface area contributed by atoms with E-state index in [1.165, 1.54) is 25.3 Å². The van der Waals surface area contributed by atoms with Gasteiger partial charge in [-0.15, -0.1) is 0 Å². The molecule has 0 atom stereocenters. The smallest absolute Gasteiger partial charge is 0.387 e. The molecule has 3 N–H and O–H groups in total. The number of rotatable bonds is 7. The van der Waals surface area contributed by atoms with E-state index in [4.69, 9.17) is 9.84 Å². The number of carboxylic acid groups (broad SMARTS) is 1. The Kier molecular flexibility index (Phi) is 6.18. The van der Waals surface area contributed by atoms with Gasteiger partial charge in [-0.2, -0.15) is 8.78 Å². The normalized spacial score (nSPS) is 10.1. The highest BCUT2D eigenvalue weighted by Gasteiger charge is 2.13. The first kappa shape index (κ1) is 16.5. The fourth-order valence-electron chi connectivity index (χ4n) is 1.38. The Hall–Kier alpha value is -2.58. The van der Waals surface area contributed by atoms with Crippen LogP contribution in [0.4, 0.5) is 19.3 Å². The summed E-state index contributed by atoms with van der Waals surface area (Å²) in [5, 5.41) is 13.0. The van der Waals surface area contributed by atoms with Gasteiger partial charge < -0.3 is 25.2 Å². The molecule has 0 aliphatic heterocycles. The van der Waals surface area contributed by atoms with Crippen molar-refractivity contribution in [3.05, 3.63) is 18.2 Å². The van der Waals surface area contributed by atoms with E-state index in [0.717, 1.165) is 0 Å². The molecule has 7 nitrogen and oxygen atoms in total. The maximum absolute atomic E-state index is 12.3. The third-order valence-electron chi connectivity index (χ3n) is 2.28. The highest BCUT2D eigenvalue weighted by Crippen LogP contribution is 2.30. The van der Waals surface area contributed by atoms with Crippen molar-refractivity contribution < 1.29 is 33.0 Å². The number of ether oxygens (including phenoxy) is 2. The molecule has 0 aliphatic rings. The predicted octanol–water partition coefficient (Wildman–Crippen LogP) is 1.89. The second-order valence-corrected chi connectivity index (χ2v) is 3.77. The topological polar surface area (TPSA) is 96.9 Å². The number of anilines is 1. The van der Waals surface area contributed by atoms with Gasteiger partial charge in [0.1, 0.15) is 11.5 Å². The lowest BCUT2D eigenvalue weighted by molar-refractivity contribution is -0.136. The Labute approximate surface area is 118 Å². The number of alkyl halides is 2. The highest BCUT2D eigenvalue weighted by atomic mass is 19.3. The molecule has 2 amide bonds. The van der Waals surface area contributed by atoms with Crippen molar-refractivity contribution in [1.82, 2.24) is 5.32 Å². The Morgan fingerprint density at radius 1 is 1.38 bits per heavy atom. The molecule has 1 rings (SSSR count). The zero-order valence-electron chi connectivity index (χ0n) is 11.1. The molecule has 0 bridgehead atoms. The van der Waals surface area contributed by atoms with Crippen LogP contribution in [0.3, 0.4) is 0 Å². The molecule has 0 heterocycles. The molecular weight excluding hydrogens is 290 g/mol. The van der Waals surface area contributed by atoms with Gasteiger partial charge in [-0.25, -0.2) is 4.79 Å².